The maximum Gasteiger partial charge on any atom is 0.271 e. The number of rotatable bonds is 8. The number of hydrogen-bond donors (Lipinski definition) is 0. The van der Waals surface area contributed by atoms with Crippen molar-refractivity contribution >= 4 is 44.8 Å². The van der Waals surface area contributed by atoms with E-state index in [4.69, 9.17) is 0 Å². The van der Waals surface area contributed by atoms with Crippen LogP contribution in [-0.4, -0.2) is 20.7 Å². The van der Waals surface area contributed by atoms with Crippen LogP contribution in [-0.2, 0) is 6.54 Å². The second-order valence-electron chi connectivity index (χ2n) is 6.47. The molecule has 0 amide bonds. The average Bonchev–Trinajstić information content (AvgIpc) is 3.03. The van der Waals surface area contributed by atoms with Crippen LogP contribution < -0.4 is 5.11 Å². The Morgan fingerprint density at radius 1 is 1.25 bits per heavy atom. The van der Waals surface area contributed by atoms with Crippen molar-refractivity contribution in [3.8, 4) is 5.75 Å². The van der Waals surface area contributed by atoms with Crippen LogP contribution in [0.15, 0.2) is 45.9 Å². The minimum Gasteiger partial charge on any atom is -0.871 e. The molecule has 0 fully saturated rings. The van der Waals surface area contributed by atoms with E-state index in [1.807, 2.05) is 28.8 Å². The second kappa shape index (κ2) is 8.97. The molecule has 0 spiro atoms. The number of aliphatic imine (C=N–C) groups is 1. The van der Waals surface area contributed by atoms with Crippen molar-refractivity contribution in [2.45, 2.75) is 39.2 Å². The number of nitro groups is 1. The molecule has 0 saturated carbocycles. The lowest BCUT2D eigenvalue weighted by atomic mass is 10.2. The van der Waals surface area contributed by atoms with E-state index in [0.29, 0.717) is 5.95 Å². The summed E-state index contributed by atoms with van der Waals surface area (Å²) in [5, 5.41) is 23.3. The van der Waals surface area contributed by atoms with Gasteiger partial charge in [0.15, 0.2) is 0 Å². The Morgan fingerprint density at radius 3 is 2.79 bits per heavy atom. The SMILES string of the molecule is CCCCCCn1c(N=Cc2cc([N+](=O)[O-])cc(Br)c2[O-])nc2ccccc21. The van der Waals surface area contributed by atoms with Crippen LogP contribution >= 0.6 is 15.9 Å². The van der Waals surface area contributed by atoms with Crippen molar-refractivity contribution in [1.29, 1.82) is 0 Å². The Bertz CT molecular complexity index is 1030. The molecule has 3 aromatic rings. The first-order chi connectivity index (χ1) is 13.5. The molecule has 0 bridgehead atoms. The van der Waals surface area contributed by atoms with E-state index >= 15 is 0 Å². The van der Waals surface area contributed by atoms with Gasteiger partial charge < -0.3 is 9.67 Å². The van der Waals surface area contributed by atoms with E-state index in [1.54, 1.807) is 0 Å². The van der Waals surface area contributed by atoms with E-state index < -0.39 is 4.92 Å². The topological polar surface area (TPSA) is 96.4 Å². The zero-order chi connectivity index (χ0) is 20.1. The lowest BCUT2D eigenvalue weighted by molar-refractivity contribution is -0.385. The number of nitrogens with zero attached hydrogens (tertiary/aromatic N) is 4. The highest BCUT2D eigenvalue weighted by molar-refractivity contribution is 9.10. The van der Waals surface area contributed by atoms with Crippen LogP contribution in [0, 0.1) is 10.1 Å². The smallest absolute Gasteiger partial charge is 0.271 e. The molecule has 0 unspecified atom stereocenters. The van der Waals surface area contributed by atoms with Crippen molar-refractivity contribution in [3.63, 3.8) is 0 Å². The number of aromatic nitrogens is 2. The molecule has 146 valence electrons. The van der Waals surface area contributed by atoms with Gasteiger partial charge in [-0.2, -0.15) is 0 Å². The van der Waals surface area contributed by atoms with E-state index in [-0.39, 0.29) is 21.5 Å². The minimum absolute atomic E-state index is 0.135. The van der Waals surface area contributed by atoms with Crippen LogP contribution in [0.4, 0.5) is 11.6 Å². The fraction of sp³-hybridized carbons (Fsp3) is 0.300. The van der Waals surface area contributed by atoms with Crippen LogP contribution in [0.5, 0.6) is 5.75 Å². The average molecular weight is 444 g/mol. The molecule has 0 N–H and O–H groups in total. The third kappa shape index (κ3) is 4.39. The first-order valence-electron chi connectivity index (χ1n) is 9.15. The number of hydrogen-bond acceptors (Lipinski definition) is 5. The molecule has 8 heteroatoms. The van der Waals surface area contributed by atoms with E-state index in [1.165, 1.54) is 24.8 Å². The molecule has 0 aliphatic rings. The normalized spacial score (nSPS) is 11.5. The number of fused-ring (bicyclic) bond motifs is 1. The molecule has 0 aliphatic carbocycles. The fourth-order valence-corrected chi connectivity index (χ4v) is 3.47. The number of nitro benzene ring substituents is 1. The summed E-state index contributed by atoms with van der Waals surface area (Å²) in [6.07, 6.45) is 5.81. The molecule has 1 aromatic heterocycles. The molecule has 7 nitrogen and oxygen atoms in total. The number of non-ortho nitro benzene ring substituents is 1. The zero-order valence-corrected chi connectivity index (χ0v) is 17.1. The van der Waals surface area contributed by atoms with Crippen LogP contribution in [0.3, 0.4) is 0 Å². The molecule has 2 aromatic carbocycles. The van der Waals surface area contributed by atoms with Crippen molar-refractivity contribution < 1.29 is 10.0 Å². The van der Waals surface area contributed by atoms with Crippen LogP contribution in [0.2, 0.25) is 0 Å². The molecule has 0 radical (unpaired) electrons. The second-order valence-corrected chi connectivity index (χ2v) is 7.33. The molecule has 28 heavy (non-hydrogen) atoms. The van der Waals surface area contributed by atoms with Gasteiger partial charge in [-0.15, -0.1) is 0 Å². The Hall–Kier alpha value is -2.74. The first kappa shape index (κ1) is 20.0. The van der Waals surface area contributed by atoms with Gasteiger partial charge in [-0.25, -0.2) is 9.98 Å². The molecule has 0 aliphatic heterocycles. The lowest BCUT2D eigenvalue weighted by Crippen LogP contribution is -2.01. The summed E-state index contributed by atoms with van der Waals surface area (Å²) in [5.41, 5.74) is 1.79. The Morgan fingerprint density at radius 2 is 2.04 bits per heavy atom. The fourth-order valence-electron chi connectivity index (χ4n) is 3.01. The lowest BCUT2D eigenvalue weighted by Gasteiger charge is -2.12. The molecule has 0 atom stereocenters. The summed E-state index contributed by atoms with van der Waals surface area (Å²) < 4.78 is 2.16. The summed E-state index contributed by atoms with van der Waals surface area (Å²) in [6.45, 7) is 2.94. The predicted molar refractivity (Wildman–Crippen MR) is 111 cm³/mol. The molecule has 3 rings (SSSR count). The Kier molecular flexibility index (Phi) is 6.41. The van der Waals surface area contributed by atoms with Gasteiger partial charge in [0.05, 0.1) is 16.0 Å². The summed E-state index contributed by atoms with van der Waals surface area (Å²) in [5.74, 6) is 0.139. The van der Waals surface area contributed by atoms with Crippen molar-refractivity contribution in [3.05, 3.63) is 56.5 Å². The van der Waals surface area contributed by atoms with Gasteiger partial charge >= 0.3 is 0 Å². The van der Waals surface area contributed by atoms with E-state index in [2.05, 4.69) is 32.8 Å². The zero-order valence-electron chi connectivity index (χ0n) is 15.5. The van der Waals surface area contributed by atoms with Gasteiger partial charge in [-0.3, -0.25) is 10.1 Å². The number of aryl methyl sites for hydroxylation is 1. The summed E-state index contributed by atoms with van der Waals surface area (Å²) in [7, 11) is 0. The van der Waals surface area contributed by atoms with Crippen molar-refractivity contribution in [2.24, 2.45) is 4.99 Å². The molecular formula is C20H20BrN4O3-. The van der Waals surface area contributed by atoms with Gasteiger partial charge in [0.2, 0.25) is 5.95 Å². The third-order valence-corrected chi connectivity index (χ3v) is 5.05. The van der Waals surface area contributed by atoms with Gasteiger partial charge in [0.1, 0.15) is 0 Å². The number of benzene rings is 2. The Balaban J connectivity index is 1.96. The van der Waals surface area contributed by atoms with E-state index in [0.717, 1.165) is 36.8 Å². The molecular weight excluding hydrogens is 424 g/mol. The summed E-state index contributed by atoms with van der Waals surface area (Å²) in [6, 6.07) is 10.2. The van der Waals surface area contributed by atoms with Gasteiger partial charge in [-0.1, -0.05) is 60.0 Å². The minimum atomic E-state index is -0.537. The first-order valence-corrected chi connectivity index (χ1v) is 9.95. The van der Waals surface area contributed by atoms with Crippen LogP contribution in [0.25, 0.3) is 11.0 Å². The van der Waals surface area contributed by atoms with E-state index in [9.17, 15) is 15.2 Å². The standard InChI is InChI=1S/C20H21BrN4O3/c1-2-3-4-7-10-24-18-9-6-5-8-17(18)23-20(24)22-13-14-11-15(25(27)28)12-16(21)19(14)26/h5-6,8-9,11-13,26H,2-4,7,10H2,1H3/p-1. The molecule has 1 heterocycles. The maximum absolute atomic E-state index is 12.3. The van der Waals surface area contributed by atoms with Gasteiger partial charge in [-0.05, 0) is 24.1 Å². The highest BCUT2D eigenvalue weighted by atomic mass is 79.9. The molecule has 0 saturated heterocycles. The quantitative estimate of drug-likeness (QED) is 0.209. The largest absolute Gasteiger partial charge is 0.871 e. The maximum atomic E-state index is 12.3. The highest BCUT2D eigenvalue weighted by Gasteiger charge is 2.11. The monoisotopic (exact) mass is 443 g/mol. The Labute approximate surface area is 171 Å². The predicted octanol–water partition coefficient (Wildman–Crippen LogP) is 5.11. The van der Waals surface area contributed by atoms with Crippen molar-refractivity contribution in [1.82, 2.24) is 9.55 Å². The summed E-state index contributed by atoms with van der Waals surface area (Å²) in [4.78, 5) is 19.5. The number of imidazole rings is 1. The number of halogens is 1. The van der Waals surface area contributed by atoms with Gasteiger partial charge in [0, 0.05) is 29.4 Å². The summed E-state index contributed by atoms with van der Waals surface area (Å²) >= 11 is 3.08. The highest BCUT2D eigenvalue weighted by Crippen LogP contribution is 2.30. The van der Waals surface area contributed by atoms with Gasteiger partial charge in [0.25, 0.3) is 5.69 Å². The number of unbranched alkanes of at least 4 members (excludes halogenated alkanes) is 3. The third-order valence-electron chi connectivity index (χ3n) is 4.46. The van der Waals surface area contributed by atoms with Crippen molar-refractivity contribution in [2.75, 3.05) is 0 Å². The number of para-hydroxylation sites is 2. The van der Waals surface area contributed by atoms with Crippen LogP contribution in [0.1, 0.15) is 38.2 Å².